The lowest BCUT2D eigenvalue weighted by atomic mass is 10.1. The summed E-state index contributed by atoms with van der Waals surface area (Å²) in [5.41, 5.74) is 2.67. The van der Waals surface area contributed by atoms with Gasteiger partial charge in [-0.1, -0.05) is 91.0 Å². The summed E-state index contributed by atoms with van der Waals surface area (Å²) in [6, 6.07) is 28.4. The summed E-state index contributed by atoms with van der Waals surface area (Å²) in [4.78, 5) is 0. The molecular weight excluding hydrogens is 271 g/mol. The van der Waals surface area contributed by atoms with Gasteiger partial charge in [-0.15, -0.1) is 0 Å². The molecule has 21 heavy (non-hydrogen) atoms. The summed E-state index contributed by atoms with van der Waals surface area (Å²) in [6.07, 6.45) is 4.50. The van der Waals surface area contributed by atoms with E-state index in [4.69, 9.17) is 0 Å². The van der Waals surface area contributed by atoms with Crippen molar-refractivity contribution in [2.75, 3.05) is 0 Å². The van der Waals surface area contributed by atoms with E-state index in [1.54, 1.807) is 0 Å². The molecule has 0 atom stereocenters. The van der Waals surface area contributed by atoms with Gasteiger partial charge >= 0.3 is 0 Å². The molecule has 1 aliphatic rings. The number of hydrogen-bond donors (Lipinski definition) is 0. The first kappa shape index (κ1) is 12.6. The van der Waals surface area contributed by atoms with Crippen LogP contribution < -0.4 is 15.9 Å². The maximum Gasteiger partial charge on any atom is -0.00784 e. The minimum Gasteiger partial charge on any atom is -0.0622 e. The van der Waals surface area contributed by atoms with E-state index in [2.05, 4.69) is 91.0 Å². The SMILES string of the molecule is C1=Cc2ccccc2P(c2ccccc2)c2ccccc21. The molecule has 0 bridgehead atoms. The Balaban J connectivity index is 2.02. The summed E-state index contributed by atoms with van der Waals surface area (Å²) >= 11 is 0. The highest BCUT2D eigenvalue weighted by atomic mass is 31.1. The summed E-state index contributed by atoms with van der Waals surface area (Å²) in [5.74, 6) is 0. The second kappa shape index (κ2) is 5.31. The molecule has 0 aromatic heterocycles. The van der Waals surface area contributed by atoms with Gasteiger partial charge in [-0.3, -0.25) is 0 Å². The van der Waals surface area contributed by atoms with E-state index in [9.17, 15) is 0 Å². The maximum atomic E-state index is 2.28. The Hall–Kier alpha value is -2.17. The molecule has 1 heteroatoms. The van der Waals surface area contributed by atoms with Gasteiger partial charge in [-0.05, 0) is 35.0 Å². The Labute approximate surface area is 126 Å². The lowest BCUT2D eigenvalue weighted by Gasteiger charge is -2.21. The molecule has 0 fully saturated rings. The molecule has 0 radical (unpaired) electrons. The zero-order valence-corrected chi connectivity index (χ0v) is 12.5. The molecule has 0 nitrogen and oxygen atoms in total. The van der Waals surface area contributed by atoms with E-state index in [1.165, 1.54) is 27.0 Å². The maximum absolute atomic E-state index is 2.28. The van der Waals surface area contributed by atoms with E-state index in [1.807, 2.05) is 0 Å². The normalized spacial score (nSPS) is 13.3. The van der Waals surface area contributed by atoms with Crippen molar-refractivity contribution in [1.29, 1.82) is 0 Å². The third-order valence-corrected chi connectivity index (χ3v) is 6.40. The predicted octanol–water partition coefficient (Wildman–Crippen LogP) is 3.93. The number of benzene rings is 3. The molecule has 3 aromatic carbocycles. The first-order valence-corrected chi connectivity index (χ1v) is 8.49. The van der Waals surface area contributed by atoms with Gasteiger partial charge in [0.05, 0.1) is 0 Å². The van der Waals surface area contributed by atoms with Crippen LogP contribution in [0.25, 0.3) is 12.2 Å². The van der Waals surface area contributed by atoms with Gasteiger partial charge in [-0.2, -0.15) is 0 Å². The van der Waals surface area contributed by atoms with E-state index in [0.717, 1.165) is 0 Å². The molecule has 0 saturated carbocycles. The molecule has 1 heterocycles. The standard InChI is InChI=1S/C20H15P/c1-2-10-18(11-3-1)21-19-12-6-4-8-16(19)14-15-17-9-5-7-13-20(17)21/h1-15H. The summed E-state index contributed by atoms with van der Waals surface area (Å²) in [5, 5.41) is 4.30. The largest absolute Gasteiger partial charge is 0.0622 e. The minimum absolute atomic E-state index is 0.488. The third kappa shape index (κ3) is 2.22. The van der Waals surface area contributed by atoms with Crippen molar-refractivity contribution in [1.82, 2.24) is 0 Å². The van der Waals surface area contributed by atoms with Gasteiger partial charge in [-0.25, -0.2) is 0 Å². The van der Waals surface area contributed by atoms with E-state index in [0.29, 0.717) is 0 Å². The van der Waals surface area contributed by atoms with Gasteiger partial charge in [0.1, 0.15) is 0 Å². The molecule has 100 valence electrons. The fraction of sp³-hybridized carbons (Fsp3) is 0. The Morgan fingerprint density at radius 3 is 1.52 bits per heavy atom. The fourth-order valence-corrected chi connectivity index (χ4v) is 5.40. The van der Waals surface area contributed by atoms with Crippen LogP contribution in [0.3, 0.4) is 0 Å². The molecule has 0 aliphatic carbocycles. The number of fused-ring (bicyclic) bond motifs is 2. The highest BCUT2D eigenvalue weighted by Crippen LogP contribution is 2.37. The summed E-state index contributed by atoms with van der Waals surface area (Å²) < 4.78 is 0. The topological polar surface area (TPSA) is 0 Å². The third-order valence-electron chi connectivity index (χ3n) is 3.81. The fourth-order valence-electron chi connectivity index (χ4n) is 2.83. The molecule has 4 rings (SSSR count). The Morgan fingerprint density at radius 2 is 0.952 bits per heavy atom. The predicted molar refractivity (Wildman–Crippen MR) is 94.1 cm³/mol. The highest BCUT2D eigenvalue weighted by molar-refractivity contribution is 7.80. The summed E-state index contributed by atoms with van der Waals surface area (Å²) in [6.45, 7) is 0. The van der Waals surface area contributed by atoms with Crippen LogP contribution in [0.4, 0.5) is 0 Å². The number of hydrogen-bond acceptors (Lipinski definition) is 0. The zero-order chi connectivity index (χ0) is 14.1. The monoisotopic (exact) mass is 286 g/mol. The van der Waals surface area contributed by atoms with Crippen LogP contribution in [-0.4, -0.2) is 0 Å². The molecule has 0 unspecified atom stereocenters. The van der Waals surface area contributed by atoms with Crippen LogP contribution >= 0.6 is 7.92 Å². The van der Waals surface area contributed by atoms with Crippen LogP contribution in [0.1, 0.15) is 11.1 Å². The first-order chi connectivity index (χ1) is 10.4. The molecule has 0 saturated heterocycles. The smallest absolute Gasteiger partial charge is 0.00784 e. The second-order valence-electron chi connectivity index (χ2n) is 5.12. The van der Waals surface area contributed by atoms with Crippen LogP contribution in [-0.2, 0) is 0 Å². The van der Waals surface area contributed by atoms with Crippen molar-refractivity contribution in [3.63, 3.8) is 0 Å². The van der Waals surface area contributed by atoms with Crippen molar-refractivity contribution in [3.8, 4) is 0 Å². The van der Waals surface area contributed by atoms with Crippen LogP contribution in [0.2, 0.25) is 0 Å². The van der Waals surface area contributed by atoms with Gasteiger partial charge in [0.15, 0.2) is 0 Å². The van der Waals surface area contributed by atoms with Crippen molar-refractivity contribution in [2.45, 2.75) is 0 Å². The van der Waals surface area contributed by atoms with Crippen molar-refractivity contribution < 1.29 is 0 Å². The van der Waals surface area contributed by atoms with E-state index >= 15 is 0 Å². The van der Waals surface area contributed by atoms with Gasteiger partial charge in [0.2, 0.25) is 0 Å². The second-order valence-corrected chi connectivity index (χ2v) is 7.27. The lowest BCUT2D eigenvalue weighted by molar-refractivity contribution is 1.72. The zero-order valence-electron chi connectivity index (χ0n) is 11.6. The molecule has 0 N–H and O–H groups in total. The minimum atomic E-state index is -0.488. The molecule has 0 amide bonds. The Bertz CT molecular complexity index is 753. The van der Waals surface area contributed by atoms with Crippen molar-refractivity contribution >= 4 is 36.0 Å². The van der Waals surface area contributed by atoms with Gasteiger partial charge in [0.25, 0.3) is 0 Å². The average molecular weight is 286 g/mol. The molecular formula is C20H15P. The molecule has 0 spiro atoms. The van der Waals surface area contributed by atoms with Gasteiger partial charge in [0, 0.05) is 0 Å². The van der Waals surface area contributed by atoms with Crippen molar-refractivity contribution in [3.05, 3.63) is 90.0 Å². The summed E-state index contributed by atoms with van der Waals surface area (Å²) in [7, 11) is -0.488. The highest BCUT2D eigenvalue weighted by Gasteiger charge is 2.22. The van der Waals surface area contributed by atoms with Gasteiger partial charge < -0.3 is 0 Å². The molecule has 3 aromatic rings. The van der Waals surface area contributed by atoms with E-state index < -0.39 is 7.92 Å². The quantitative estimate of drug-likeness (QED) is 0.465. The lowest BCUT2D eigenvalue weighted by Crippen LogP contribution is -2.22. The van der Waals surface area contributed by atoms with Crippen LogP contribution in [0.15, 0.2) is 78.9 Å². The van der Waals surface area contributed by atoms with Crippen molar-refractivity contribution in [2.24, 2.45) is 0 Å². The number of rotatable bonds is 1. The average Bonchev–Trinajstić information content (AvgIpc) is 2.72. The molecule has 1 aliphatic heterocycles. The van der Waals surface area contributed by atoms with Crippen LogP contribution in [0.5, 0.6) is 0 Å². The van der Waals surface area contributed by atoms with E-state index in [-0.39, 0.29) is 0 Å². The van der Waals surface area contributed by atoms with Crippen LogP contribution in [0, 0.1) is 0 Å². The first-order valence-electron chi connectivity index (χ1n) is 7.15. The Morgan fingerprint density at radius 1 is 0.476 bits per heavy atom. The Kier molecular flexibility index (Phi) is 3.18.